The first-order chi connectivity index (χ1) is 12.2. The molecule has 7 nitrogen and oxygen atoms in total. The van der Waals surface area contributed by atoms with Gasteiger partial charge in [-0.25, -0.2) is 0 Å². The molecule has 1 atom stereocenters. The quantitative estimate of drug-likeness (QED) is 0.840. The molecule has 132 valence electrons. The molecule has 0 aliphatic carbocycles. The maximum atomic E-state index is 12.6. The van der Waals surface area contributed by atoms with Gasteiger partial charge in [-0.3, -0.25) is 4.79 Å². The van der Waals surface area contributed by atoms with Crippen LogP contribution in [0, 0.1) is 0 Å². The Morgan fingerprint density at radius 3 is 2.92 bits per heavy atom. The maximum Gasteiger partial charge on any atom is 0.292 e. The Kier molecular flexibility index (Phi) is 4.31. The number of fused-ring (bicyclic) bond motifs is 1. The third kappa shape index (κ3) is 3.32. The van der Waals surface area contributed by atoms with Crippen LogP contribution >= 0.6 is 0 Å². The van der Waals surface area contributed by atoms with Gasteiger partial charge in [0.15, 0.2) is 5.82 Å². The summed E-state index contributed by atoms with van der Waals surface area (Å²) < 4.78 is 16.5. The van der Waals surface area contributed by atoms with Crippen molar-refractivity contribution in [3.8, 4) is 5.75 Å². The van der Waals surface area contributed by atoms with E-state index in [9.17, 15) is 4.79 Å². The van der Waals surface area contributed by atoms with Crippen LogP contribution in [-0.2, 0) is 11.2 Å². The summed E-state index contributed by atoms with van der Waals surface area (Å²) in [6.45, 7) is 3.33. The number of rotatable bonds is 4. The Hall–Kier alpha value is -2.54. The van der Waals surface area contributed by atoms with E-state index < -0.39 is 0 Å². The van der Waals surface area contributed by atoms with Crippen molar-refractivity contribution in [1.29, 1.82) is 0 Å². The number of anilines is 1. The van der Waals surface area contributed by atoms with Crippen molar-refractivity contribution < 1.29 is 18.8 Å². The molecule has 7 heteroatoms. The molecular weight excluding hydrogens is 322 g/mol. The summed E-state index contributed by atoms with van der Waals surface area (Å²) in [7, 11) is 1.76. The average Bonchev–Trinajstić information content (AvgIpc) is 3.28. The van der Waals surface area contributed by atoms with Crippen LogP contribution in [0.15, 0.2) is 34.9 Å². The van der Waals surface area contributed by atoms with Gasteiger partial charge in [0, 0.05) is 32.6 Å². The Morgan fingerprint density at radius 2 is 2.12 bits per heavy atom. The van der Waals surface area contributed by atoms with Crippen molar-refractivity contribution in [3.63, 3.8) is 0 Å². The second-order valence-corrected chi connectivity index (χ2v) is 6.39. The van der Waals surface area contributed by atoms with Crippen LogP contribution in [0.3, 0.4) is 0 Å². The molecule has 2 aromatic rings. The van der Waals surface area contributed by atoms with Crippen molar-refractivity contribution >= 4 is 11.7 Å². The van der Waals surface area contributed by atoms with Gasteiger partial charge >= 0.3 is 0 Å². The minimum Gasteiger partial charge on any atom is -0.488 e. The zero-order valence-electron chi connectivity index (χ0n) is 14.2. The van der Waals surface area contributed by atoms with E-state index in [2.05, 4.69) is 16.1 Å². The topological polar surface area (TPSA) is 68.0 Å². The highest BCUT2D eigenvalue weighted by molar-refractivity contribution is 5.92. The molecule has 1 unspecified atom stereocenters. The van der Waals surface area contributed by atoms with E-state index in [1.807, 2.05) is 18.2 Å². The van der Waals surface area contributed by atoms with E-state index in [4.69, 9.17) is 14.0 Å². The first kappa shape index (κ1) is 16.0. The number of likely N-dealkylation sites (N-methyl/N-ethyl adjacent to an activating group) is 1. The normalized spacial score (nSPS) is 19.4. The molecule has 0 saturated carbocycles. The monoisotopic (exact) mass is 343 g/mol. The van der Waals surface area contributed by atoms with Crippen molar-refractivity contribution in [1.82, 2.24) is 10.1 Å². The molecule has 1 amide bonds. The summed E-state index contributed by atoms with van der Waals surface area (Å²) in [5.41, 5.74) is 1.18. The maximum absolute atomic E-state index is 12.6. The Morgan fingerprint density at radius 1 is 1.32 bits per heavy atom. The Balaban J connectivity index is 1.37. The number of carbonyl (C=O) groups is 1. The second kappa shape index (κ2) is 6.76. The molecule has 25 heavy (non-hydrogen) atoms. The third-order valence-corrected chi connectivity index (χ3v) is 4.58. The summed E-state index contributed by atoms with van der Waals surface area (Å²) in [5, 5.41) is 4.02. The highest BCUT2D eigenvalue weighted by Gasteiger charge is 2.27. The number of para-hydroxylation sites is 1. The van der Waals surface area contributed by atoms with Crippen molar-refractivity contribution in [2.24, 2.45) is 0 Å². The van der Waals surface area contributed by atoms with Gasteiger partial charge in [-0.2, -0.15) is 0 Å². The zero-order chi connectivity index (χ0) is 17.2. The van der Waals surface area contributed by atoms with Crippen molar-refractivity contribution in [2.45, 2.75) is 12.5 Å². The van der Waals surface area contributed by atoms with Gasteiger partial charge in [-0.05, 0) is 11.6 Å². The summed E-state index contributed by atoms with van der Waals surface area (Å²) in [5.74, 6) is 1.65. The van der Waals surface area contributed by atoms with Crippen LogP contribution in [0.25, 0.3) is 0 Å². The van der Waals surface area contributed by atoms with Crippen LogP contribution in [0.2, 0.25) is 0 Å². The van der Waals surface area contributed by atoms with Gasteiger partial charge in [0.1, 0.15) is 11.9 Å². The van der Waals surface area contributed by atoms with E-state index in [0.29, 0.717) is 25.6 Å². The van der Waals surface area contributed by atoms with E-state index >= 15 is 0 Å². The molecule has 1 fully saturated rings. The number of carbonyl (C=O) groups excluding carboxylic acids is 1. The van der Waals surface area contributed by atoms with Crippen molar-refractivity contribution in [2.75, 3.05) is 44.8 Å². The summed E-state index contributed by atoms with van der Waals surface area (Å²) in [6.07, 6.45) is 0.774. The number of hydrogen-bond acceptors (Lipinski definition) is 6. The largest absolute Gasteiger partial charge is 0.488 e. The first-order valence-corrected chi connectivity index (χ1v) is 8.50. The van der Waals surface area contributed by atoms with Gasteiger partial charge in [0.2, 0.25) is 5.76 Å². The predicted octanol–water partition coefficient (Wildman–Crippen LogP) is 1.59. The molecule has 1 aromatic heterocycles. The highest BCUT2D eigenvalue weighted by atomic mass is 16.5. The molecule has 0 N–H and O–H groups in total. The second-order valence-electron chi connectivity index (χ2n) is 6.39. The Bertz CT molecular complexity index is 729. The molecule has 0 spiro atoms. The molecule has 4 rings (SSSR count). The van der Waals surface area contributed by atoms with Gasteiger partial charge in [-0.15, -0.1) is 0 Å². The smallest absolute Gasteiger partial charge is 0.292 e. The lowest BCUT2D eigenvalue weighted by Gasteiger charge is -2.25. The molecule has 0 radical (unpaired) electrons. The third-order valence-electron chi connectivity index (χ3n) is 4.58. The van der Waals surface area contributed by atoms with Crippen LogP contribution in [-0.4, -0.2) is 62.0 Å². The number of aromatic nitrogens is 1. The number of hydrogen-bond donors (Lipinski definition) is 0. The fourth-order valence-corrected chi connectivity index (χ4v) is 3.24. The van der Waals surface area contributed by atoms with Gasteiger partial charge in [0.25, 0.3) is 5.91 Å². The standard InChI is InChI=1S/C18H21N3O4/c1-20(12-14-10-13-4-2-3-5-15(13)24-14)18(22)16-11-17(19-25-16)21-6-8-23-9-7-21/h2-5,11,14H,6-10,12H2,1H3. The average molecular weight is 343 g/mol. The van der Waals surface area contributed by atoms with E-state index in [0.717, 1.165) is 25.3 Å². The lowest BCUT2D eigenvalue weighted by atomic mass is 10.1. The summed E-state index contributed by atoms with van der Waals surface area (Å²) in [6, 6.07) is 9.68. The van der Waals surface area contributed by atoms with Gasteiger partial charge < -0.3 is 23.8 Å². The van der Waals surface area contributed by atoms with Gasteiger partial charge in [-0.1, -0.05) is 23.4 Å². The summed E-state index contributed by atoms with van der Waals surface area (Å²) >= 11 is 0. The zero-order valence-corrected chi connectivity index (χ0v) is 14.2. The van der Waals surface area contributed by atoms with E-state index in [1.165, 1.54) is 5.56 Å². The van der Waals surface area contributed by atoms with Gasteiger partial charge in [0.05, 0.1) is 19.8 Å². The van der Waals surface area contributed by atoms with E-state index in [-0.39, 0.29) is 17.8 Å². The molecule has 2 aliphatic heterocycles. The highest BCUT2D eigenvalue weighted by Crippen LogP contribution is 2.28. The summed E-state index contributed by atoms with van der Waals surface area (Å²) in [4.78, 5) is 16.3. The van der Waals surface area contributed by atoms with Crippen LogP contribution in [0.1, 0.15) is 16.1 Å². The predicted molar refractivity (Wildman–Crippen MR) is 91.1 cm³/mol. The number of amides is 1. The van der Waals surface area contributed by atoms with E-state index in [1.54, 1.807) is 18.0 Å². The molecular formula is C18H21N3O4. The number of morpholine rings is 1. The minimum absolute atomic E-state index is 0.0343. The first-order valence-electron chi connectivity index (χ1n) is 8.50. The molecule has 0 bridgehead atoms. The van der Waals surface area contributed by atoms with Crippen LogP contribution < -0.4 is 9.64 Å². The molecule has 3 heterocycles. The lowest BCUT2D eigenvalue weighted by Crippen LogP contribution is -2.37. The fraction of sp³-hybridized carbons (Fsp3) is 0.444. The number of ether oxygens (including phenoxy) is 2. The molecule has 2 aliphatic rings. The minimum atomic E-state index is -0.188. The number of nitrogens with zero attached hydrogens (tertiary/aromatic N) is 3. The fourth-order valence-electron chi connectivity index (χ4n) is 3.24. The molecule has 1 aromatic carbocycles. The van der Waals surface area contributed by atoms with Crippen molar-refractivity contribution in [3.05, 3.63) is 41.7 Å². The molecule has 1 saturated heterocycles. The lowest BCUT2D eigenvalue weighted by molar-refractivity contribution is 0.0690. The van der Waals surface area contributed by atoms with Crippen LogP contribution in [0.4, 0.5) is 5.82 Å². The SMILES string of the molecule is CN(CC1Cc2ccccc2O1)C(=O)c1cc(N2CCOCC2)no1. The number of benzene rings is 1. The van der Waals surface area contributed by atoms with Crippen LogP contribution in [0.5, 0.6) is 5.75 Å². The Labute approximate surface area is 146 Å².